The molecule has 1 heterocycles. The molecule has 3 nitrogen and oxygen atoms in total. The van der Waals surface area contributed by atoms with Crippen molar-refractivity contribution in [1.82, 2.24) is 4.98 Å². The molecule has 1 aromatic rings. The lowest BCUT2D eigenvalue weighted by Gasteiger charge is -2.13. The molecule has 2 N–H and O–H groups in total. The molecule has 0 aliphatic carbocycles. The van der Waals surface area contributed by atoms with E-state index in [-0.39, 0.29) is 6.04 Å². The van der Waals surface area contributed by atoms with Gasteiger partial charge in [-0.05, 0) is 24.5 Å². The lowest BCUT2D eigenvalue weighted by molar-refractivity contribution is 0.315. The molecule has 0 bridgehead atoms. The van der Waals surface area contributed by atoms with Crippen molar-refractivity contribution in [3.63, 3.8) is 0 Å². The van der Waals surface area contributed by atoms with Crippen molar-refractivity contribution in [2.24, 2.45) is 5.73 Å². The molecule has 0 spiro atoms. The molecule has 0 amide bonds. The summed E-state index contributed by atoms with van der Waals surface area (Å²) in [5.74, 6) is 0.832. The zero-order valence-electron chi connectivity index (χ0n) is 11.7. The van der Waals surface area contributed by atoms with Crippen LogP contribution in [-0.2, 0) is 0 Å². The lowest BCUT2D eigenvalue weighted by atomic mass is 10.0. The summed E-state index contributed by atoms with van der Waals surface area (Å²) in [6.45, 7) is 5.05. The van der Waals surface area contributed by atoms with Gasteiger partial charge in [0.1, 0.15) is 5.75 Å². The van der Waals surface area contributed by atoms with Crippen LogP contribution in [0.3, 0.4) is 0 Å². The molecule has 1 atom stereocenters. The molecule has 1 aromatic heterocycles. The second kappa shape index (κ2) is 8.92. The Morgan fingerprint density at radius 2 is 2.00 bits per heavy atom. The van der Waals surface area contributed by atoms with Crippen LogP contribution >= 0.6 is 0 Å². The van der Waals surface area contributed by atoms with Gasteiger partial charge in [0.25, 0.3) is 0 Å². The summed E-state index contributed by atoms with van der Waals surface area (Å²) in [5, 5.41) is 0. The number of nitrogens with zero attached hydrogens (tertiary/aromatic N) is 1. The van der Waals surface area contributed by atoms with E-state index in [1.807, 2.05) is 12.3 Å². The molecule has 1 unspecified atom stereocenters. The van der Waals surface area contributed by atoms with Gasteiger partial charge in [-0.25, -0.2) is 0 Å². The first-order chi connectivity index (χ1) is 8.77. The highest BCUT2D eigenvalue weighted by atomic mass is 16.5. The summed E-state index contributed by atoms with van der Waals surface area (Å²) in [6.07, 6.45) is 10.7. The van der Waals surface area contributed by atoms with Crippen molar-refractivity contribution >= 4 is 0 Å². The molecule has 0 radical (unpaired) electrons. The van der Waals surface area contributed by atoms with Crippen LogP contribution in [0.1, 0.15) is 64.0 Å². The van der Waals surface area contributed by atoms with Crippen molar-refractivity contribution in [2.45, 2.75) is 58.4 Å². The number of rotatable bonds is 9. The van der Waals surface area contributed by atoms with Crippen LogP contribution in [0.2, 0.25) is 0 Å². The van der Waals surface area contributed by atoms with Crippen LogP contribution in [-0.4, -0.2) is 11.6 Å². The van der Waals surface area contributed by atoms with Gasteiger partial charge in [-0.3, -0.25) is 4.98 Å². The van der Waals surface area contributed by atoms with Gasteiger partial charge in [0.05, 0.1) is 12.8 Å². The van der Waals surface area contributed by atoms with Crippen LogP contribution < -0.4 is 10.5 Å². The van der Waals surface area contributed by atoms with Crippen LogP contribution in [0, 0.1) is 0 Å². The Hall–Kier alpha value is -1.09. The van der Waals surface area contributed by atoms with Gasteiger partial charge in [0, 0.05) is 12.2 Å². The van der Waals surface area contributed by atoms with E-state index in [1.165, 1.54) is 25.7 Å². The maximum Gasteiger partial charge on any atom is 0.137 e. The zero-order chi connectivity index (χ0) is 13.2. The number of hydrogen-bond donors (Lipinski definition) is 1. The summed E-state index contributed by atoms with van der Waals surface area (Å²) in [5.41, 5.74) is 7.26. The molecule has 18 heavy (non-hydrogen) atoms. The van der Waals surface area contributed by atoms with Crippen molar-refractivity contribution < 1.29 is 4.74 Å². The molecule has 0 aliphatic rings. The third-order valence-electron chi connectivity index (χ3n) is 3.00. The van der Waals surface area contributed by atoms with E-state index in [4.69, 9.17) is 10.5 Å². The first-order valence-electron chi connectivity index (χ1n) is 7.11. The third kappa shape index (κ3) is 5.50. The lowest BCUT2D eigenvalue weighted by Crippen LogP contribution is -2.10. The Bertz CT molecular complexity index is 328. The second-order valence-corrected chi connectivity index (χ2v) is 4.76. The van der Waals surface area contributed by atoms with E-state index in [0.29, 0.717) is 0 Å². The molecule has 1 rings (SSSR count). The minimum absolute atomic E-state index is 0.0829. The van der Waals surface area contributed by atoms with Crippen molar-refractivity contribution in [3.05, 3.63) is 24.0 Å². The Morgan fingerprint density at radius 1 is 1.17 bits per heavy atom. The van der Waals surface area contributed by atoms with Gasteiger partial charge in [0.15, 0.2) is 0 Å². The molecule has 3 heteroatoms. The van der Waals surface area contributed by atoms with E-state index < -0.39 is 0 Å². The van der Waals surface area contributed by atoms with Crippen LogP contribution in [0.15, 0.2) is 18.5 Å². The topological polar surface area (TPSA) is 48.1 Å². The highest BCUT2D eigenvalue weighted by Crippen LogP contribution is 2.20. The van der Waals surface area contributed by atoms with E-state index in [9.17, 15) is 0 Å². The fourth-order valence-electron chi connectivity index (χ4n) is 1.89. The quantitative estimate of drug-likeness (QED) is 0.677. The van der Waals surface area contributed by atoms with Gasteiger partial charge in [-0.15, -0.1) is 0 Å². The number of aromatic nitrogens is 1. The maximum atomic E-state index is 6.18. The van der Waals surface area contributed by atoms with E-state index in [2.05, 4.69) is 18.8 Å². The molecule has 0 saturated heterocycles. The number of unbranched alkanes of at least 4 members (excludes halogenated alkanes) is 3. The van der Waals surface area contributed by atoms with E-state index in [1.54, 1.807) is 6.20 Å². The highest BCUT2D eigenvalue weighted by Gasteiger charge is 2.07. The molecule has 102 valence electrons. The van der Waals surface area contributed by atoms with Crippen molar-refractivity contribution in [3.8, 4) is 5.75 Å². The Balaban J connectivity index is 2.43. The third-order valence-corrected chi connectivity index (χ3v) is 3.00. The molecule has 0 fully saturated rings. The van der Waals surface area contributed by atoms with Gasteiger partial charge in [-0.1, -0.05) is 39.5 Å². The standard InChI is InChI=1S/C15H26N2O/c1-3-5-6-7-8-15(16)13-10-14(12-17-11-13)18-9-4-2/h10-12,15H,3-9,16H2,1-2H3. The summed E-state index contributed by atoms with van der Waals surface area (Å²) in [6, 6.07) is 2.10. The largest absolute Gasteiger partial charge is 0.492 e. The Kier molecular flexibility index (Phi) is 7.42. The highest BCUT2D eigenvalue weighted by molar-refractivity contribution is 5.25. The molecule has 0 aliphatic heterocycles. The first kappa shape index (κ1) is 15.0. The van der Waals surface area contributed by atoms with Crippen LogP contribution in [0.5, 0.6) is 5.75 Å². The van der Waals surface area contributed by atoms with Crippen molar-refractivity contribution in [2.75, 3.05) is 6.61 Å². The minimum Gasteiger partial charge on any atom is -0.492 e. The predicted molar refractivity (Wildman–Crippen MR) is 75.7 cm³/mol. The molecular formula is C15H26N2O. The Labute approximate surface area is 111 Å². The SMILES string of the molecule is CCCCCCC(N)c1cncc(OCCC)c1. The smallest absolute Gasteiger partial charge is 0.137 e. The monoisotopic (exact) mass is 250 g/mol. The summed E-state index contributed by atoms with van der Waals surface area (Å²) >= 11 is 0. The van der Waals surface area contributed by atoms with Crippen LogP contribution in [0.25, 0.3) is 0 Å². The predicted octanol–water partition coefficient (Wildman–Crippen LogP) is 3.84. The number of nitrogens with two attached hydrogens (primary N) is 1. The minimum atomic E-state index is 0.0829. The normalized spacial score (nSPS) is 12.4. The van der Waals surface area contributed by atoms with Gasteiger partial charge in [-0.2, -0.15) is 0 Å². The first-order valence-corrected chi connectivity index (χ1v) is 7.11. The van der Waals surface area contributed by atoms with Gasteiger partial charge < -0.3 is 10.5 Å². The van der Waals surface area contributed by atoms with E-state index >= 15 is 0 Å². The number of ether oxygens (including phenoxy) is 1. The molecule has 0 saturated carbocycles. The average Bonchev–Trinajstić information content (AvgIpc) is 2.41. The fraction of sp³-hybridized carbons (Fsp3) is 0.667. The zero-order valence-corrected chi connectivity index (χ0v) is 11.7. The van der Waals surface area contributed by atoms with Gasteiger partial charge in [0.2, 0.25) is 0 Å². The summed E-state index contributed by atoms with van der Waals surface area (Å²) in [4.78, 5) is 4.20. The van der Waals surface area contributed by atoms with Gasteiger partial charge >= 0.3 is 0 Å². The fourth-order valence-corrected chi connectivity index (χ4v) is 1.89. The molecular weight excluding hydrogens is 224 g/mol. The summed E-state index contributed by atoms with van der Waals surface area (Å²) in [7, 11) is 0. The molecule has 0 aromatic carbocycles. The number of pyridine rings is 1. The van der Waals surface area contributed by atoms with Crippen LogP contribution in [0.4, 0.5) is 0 Å². The maximum absolute atomic E-state index is 6.18. The average molecular weight is 250 g/mol. The van der Waals surface area contributed by atoms with Crippen molar-refractivity contribution in [1.29, 1.82) is 0 Å². The number of hydrogen-bond acceptors (Lipinski definition) is 3. The second-order valence-electron chi connectivity index (χ2n) is 4.76. The summed E-state index contributed by atoms with van der Waals surface area (Å²) < 4.78 is 5.57. The van der Waals surface area contributed by atoms with E-state index in [0.717, 1.165) is 30.8 Å². The Morgan fingerprint density at radius 3 is 2.72 bits per heavy atom.